The van der Waals surface area contributed by atoms with E-state index in [0.29, 0.717) is 10.8 Å². The Hall–Kier alpha value is -1.52. The quantitative estimate of drug-likeness (QED) is 0.897. The number of hydrogen-bond acceptors (Lipinski definition) is 3. The van der Waals surface area contributed by atoms with E-state index >= 15 is 0 Å². The van der Waals surface area contributed by atoms with Crippen molar-refractivity contribution in [3.8, 4) is 5.75 Å². The second-order valence-corrected chi connectivity index (χ2v) is 5.49. The fourth-order valence-electron chi connectivity index (χ4n) is 1.62. The number of aromatic carboxylic acids is 1. The summed E-state index contributed by atoms with van der Waals surface area (Å²) in [5.74, 6) is -0.548. The highest BCUT2D eigenvalue weighted by molar-refractivity contribution is 7.14. The topological polar surface area (TPSA) is 46.5 Å². The van der Waals surface area contributed by atoms with Crippen molar-refractivity contribution in [2.24, 2.45) is 0 Å². The molecule has 100 valence electrons. The zero-order valence-electron chi connectivity index (χ0n) is 10.4. The van der Waals surface area contributed by atoms with Gasteiger partial charge in [0.1, 0.15) is 12.4 Å². The molecule has 0 amide bonds. The fraction of sp³-hybridized carbons (Fsp3) is 0.214. The van der Waals surface area contributed by atoms with Crippen molar-refractivity contribution in [3.63, 3.8) is 0 Å². The van der Waals surface area contributed by atoms with E-state index < -0.39 is 5.97 Å². The van der Waals surface area contributed by atoms with E-state index in [0.717, 1.165) is 16.9 Å². The first-order valence-electron chi connectivity index (χ1n) is 5.84. The van der Waals surface area contributed by atoms with Gasteiger partial charge < -0.3 is 9.84 Å². The van der Waals surface area contributed by atoms with Gasteiger partial charge in [0.05, 0.1) is 0 Å². The number of carboxylic acid groups (broad SMARTS) is 1. The lowest BCUT2D eigenvalue weighted by molar-refractivity contribution is 0.0697. The van der Waals surface area contributed by atoms with Gasteiger partial charge in [0.2, 0.25) is 0 Å². The Kier molecular flexibility index (Phi) is 4.45. The average molecular weight is 297 g/mol. The molecule has 1 N–H and O–H groups in total. The summed E-state index contributed by atoms with van der Waals surface area (Å²) in [5.41, 5.74) is 0.838. The summed E-state index contributed by atoms with van der Waals surface area (Å²) in [5, 5.41) is 9.75. The number of halogens is 1. The van der Waals surface area contributed by atoms with Gasteiger partial charge in [-0.05, 0) is 18.6 Å². The van der Waals surface area contributed by atoms with Crippen molar-refractivity contribution in [3.05, 3.63) is 50.7 Å². The molecule has 0 fully saturated rings. The van der Waals surface area contributed by atoms with Crippen molar-refractivity contribution in [2.75, 3.05) is 0 Å². The molecule has 0 bridgehead atoms. The van der Waals surface area contributed by atoms with Crippen LogP contribution in [0.3, 0.4) is 0 Å². The second kappa shape index (κ2) is 6.08. The van der Waals surface area contributed by atoms with Crippen LogP contribution in [0.25, 0.3) is 0 Å². The third-order valence-electron chi connectivity index (χ3n) is 2.63. The Labute approximate surface area is 120 Å². The molecule has 1 aromatic heterocycles. The molecule has 0 radical (unpaired) electrons. The van der Waals surface area contributed by atoms with Gasteiger partial charge in [0, 0.05) is 15.5 Å². The third kappa shape index (κ3) is 3.28. The molecule has 2 rings (SSSR count). The number of benzene rings is 1. The highest BCUT2D eigenvalue weighted by Crippen LogP contribution is 2.31. The molecular weight excluding hydrogens is 284 g/mol. The van der Waals surface area contributed by atoms with Crippen molar-refractivity contribution in [1.82, 2.24) is 0 Å². The lowest BCUT2D eigenvalue weighted by Crippen LogP contribution is -2.00. The van der Waals surface area contributed by atoms with E-state index in [1.807, 2.05) is 25.1 Å². The Morgan fingerprint density at radius 1 is 1.42 bits per heavy atom. The number of hydrogen-bond donors (Lipinski definition) is 1. The number of rotatable bonds is 5. The second-order valence-electron chi connectivity index (χ2n) is 3.94. The Morgan fingerprint density at radius 2 is 2.16 bits per heavy atom. The molecule has 1 heterocycles. The van der Waals surface area contributed by atoms with Gasteiger partial charge in [0.15, 0.2) is 4.88 Å². The third-order valence-corrected chi connectivity index (χ3v) is 4.25. The summed E-state index contributed by atoms with van der Waals surface area (Å²) in [7, 11) is 0. The zero-order valence-corrected chi connectivity index (χ0v) is 11.9. The number of thiophene rings is 1. The maximum atomic E-state index is 11.1. The maximum absolute atomic E-state index is 11.1. The van der Waals surface area contributed by atoms with E-state index in [1.165, 1.54) is 11.3 Å². The monoisotopic (exact) mass is 296 g/mol. The van der Waals surface area contributed by atoms with Crippen molar-refractivity contribution < 1.29 is 14.6 Å². The van der Waals surface area contributed by atoms with Gasteiger partial charge in [-0.25, -0.2) is 4.79 Å². The first-order chi connectivity index (χ1) is 9.11. The predicted molar refractivity (Wildman–Crippen MR) is 76.4 cm³/mol. The van der Waals surface area contributed by atoms with Crippen molar-refractivity contribution in [2.45, 2.75) is 20.0 Å². The van der Waals surface area contributed by atoms with Gasteiger partial charge in [-0.15, -0.1) is 11.3 Å². The molecule has 2 aromatic rings. The van der Waals surface area contributed by atoms with Crippen LogP contribution in [0.4, 0.5) is 0 Å². The molecule has 0 spiro atoms. The largest absolute Gasteiger partial charge is 0.487 e. The Morgan fingerprint density at radius 3 is 2.79 bits per heavy atom. The molecule has 0 saturated carbocycles. The normalized spacial score (nSPS) is 10.4. The van der Waals surface area contributed by atoms with E-state index in [4.69, 9.17) is 21.4 Å². The molecular formula is C14H13ClO3S. The first kappa shape index (κ1) is 13.9. The van der Waals surface area contributed by atoms with Crippen LogP contribution < -0.4 is 4.74 Å². The zero-order chi connectivity index (χ0) is 13.8. The van der Waals surface area contributed by atoms with Gasteiger partial charge in [0.25, 0.3) is 0 Å². The average Bonchev–Trinajstić information content (AvgIpc) is 2.81. The summed E-state index contributed by atoms with van der Waals surface area (Å²) in [6.07, 6.45) is 0.792. The molecule has 3 nitrogen and oxygen atoms in total. The van der Waals surface area contributed by atoms with Crippen molar-refractivity contribution >= 4 is 28.9 Å². The van der Waals surface area contributed by atoms with Gasteiger partial charge >= 0.3 is 5.97 Å². The van der Waals surface area contributed by atoms with Crippen LogP contribution >= 0.6 is 22.9 Å². The lowest BCUT2D eigenvalue weighted by Gasteiger charge is -2.06. The molecule has 0 aliphatic rings. The fourth-order valence-corrected chi connectivity index (χ4v) is 2.69. The molecule has 5 heteroatoms. The summed E-state index contributed by atoms with van der Waals surface area (Å²) >= 11 is 7.28. The first-order valence-corrected chi connectivity index (χ1v) is 7.03. The highest BCUT2D eigenvalue weighted by atomic mass is 35.5. The minimum absolute atomic E-state index is 0.240. The summed E-state index contributed by atoms with van der Waals surface area (Å²) in [4.78, 5) is 12.4. The van der Waals surface area contributed by atoms with Crippen LogP contribution in [-0.4, -0.2) is 11.1 Å². The maximum Gasteiger partial charge on any atom is 0.349 e. The Balaban J connectivity index is 2.17. The van der Waals surface area contributed by atoms with E-state index in [2.05, 4.69) is 0 Å². The van der Waals surface area contributed by atoms with E-state index in [-0.39, 0.29) is 11.5 Å². The van der Waals surface area contributed by atoms with Crippen LogP contribution in [0.5, 0.6) is 5.75 Å². The SMILES string of the molecule is CCc1cc(OCc2ccccc2Cl)c(C(=O)O)s1. The predicted octanol–water partition coefficient (Wildman–Crippen LogP) is 4.24. The van der Waals surface area contributed by atoms with Gasteiger partial charge in [-0.3, -0.25) is 0 Å². The van der Waals surface area contributed by atoms with Crippen molar-refractivity contribution in [1.29, 1.82) is 0 Å². The minimum Gasteiger partial charge on any atom is -0.487 e. The molecule has 0 aliphatic carbocycles. The van der Waals surface area contributed by atoms with Crippen LogP contribution in [0.1, 0.15) is 27.0 Å². The summed E-state index contributed by atoms with van der Waals surface area (Å²) in [6, 6.07) is 9.13. The molecule has 0 atom stereocenters. The number of ether oxygens (including phenoxy) is 1. The van der Waals surface area contributed by atoms with Crippen LogP contribution in [0.15, 0.2) is 30.3 Å². The smallest absolute Gasteiger partial charge is 0.349 e. The Bertz CT molecular complexity index is 592. The van der Waals surface area contributed by atoms with Crippen LogP contribution in [-0.2, 0) is 13.0 Å². The van der Waals surface area contributed by atoms with Crippen LogP contribution in [0.2, 0.25) is 5.02 Å². The molecule has 19 heavy (non-hydrogen) atoms. The van der Waals surface area contributed by atoms with Gasteiger partial charge in [-0.2, -0.15) is 0 Å². The lowest BCUT2D eigenvalue weighted by atomic mass is 10.2. The highest BCUT2D eigenvalue weighted by Gasteiger charge is 2.16. The minimum atomic E-state index is -0.959. The van der Waals surface area contributed by atoms with Crippen LogP contribution in [0, 0.1) is 0 Å². The standard InChI is InChI=1S/C14H13ClO3S/c1-2-10-7-12(13(19-10)14(16)17)18-8-9-5-3-4-6-11(9)15/h3-7H,2,8H2,1H3,(H,16,17). The van der Waals surface area contributed by atoms with Gasteiger partial charge in [-0.1, -0.05) is 36.7 Å². The number of aryl methyl sites for hydroxylation is 1. The number of carbonyl (C=O) groups is 1. The molecule has 0 saturated heterocycles. The summed E-state index contributed by atoms with van der Waals surface area (Å²) in [6.45, 7) is 2.25. The van der Waals surface area contributed by atoms with E-state index in [9.17, 15) is 4.79 Å². The molecule has 0 aliphatic heterocycles. The number of carboxylic acids is 1. The van der Waals surface area contributed by atoms with E-state index in [1.54, 1.807) is 12.1 Å². The summed E-state index contributed by atoms with van der Waals surface area (Å²) < 4.78 is 5.59. The molecule has 1 aromatic carbocycles. The molecule has 0 unspecified atom stereocenters.